The molecule has 25 heavy (non-hydrogen) atoms. The van der Waals surface area contributed by atoms with E-state index >= 15 is 0 Å². The quantitative estimate of drug-likeness (QED) is 0.846. The number of hydrogen-bond acceptors (Lipinski definition) is 5. The average Bonchev–Trinajstić information content (AvgIpc) is 3.02. The van der Waals surface area contributed by atoms with Gasteiger partial charge in [0.05, 0.1) is 19.2 Å². The molecule has 0 saturated carbocycles. The summed E-state index contributed by atoms with van der Waals surface area (Å²) in [6, 6.07) is 8.54. The van der Waals surface area contributed by atoms with Crippen molar-refractivity contribution in [3.05, 3.63) is 41.8 Å². The van der Waals surface area contributed by atoms with Gasteiger partial charge in [-0.3, -0.25) is 9.59 Å². The molecule has 7 heteroatoms. The fraction of sp³-hybridized carbons (Fsp3) is 0.389. The molecule has 2 heterocycles. The maximum atomic E-state index is 12.7. The molecular formula is C18H21N3O4. The number of carbonyl (C=O) groups excluding carboxylic acids is 2. The highest BCUT2D eigenvalue weighted by atomic mass is 16.5. The van der Waals surface area contributed by atoms with Crippen LogP contribution in [-0.4, -0.2) is 48.1 Å². The number of rotatable bonds is 4. The van der Waals surface area contributed by atoms with Crippen LogP contribution in [0.25, 0.3) is 0 Å². The number of piperazine rings is 1. The maximum Gasteiger partial charge on any atom is 0.249 e. The van der Waals surface area contributed by atoms with Crippen molar-refractivity contribution in [2.24, 2.45) is 0 Å². The van der Waals surface area contributed by atoms with Crippen molar-refractivity contribution in [2.75, 3.05) is 25.1 Å². The molecule has 1 aromatic heterocycles. The molecule has 1 aliphatic heterocycles. The van der Waals surface area contributed by atoms with Crippen LogP contribution in [0.15, 0.2) is 34.9 Å². The molecule has 1 aromatic carbocycles. The fourth-order valence-electron chi connectivity index (χ4n) is 2.98. The van der Waals surface area contributed by atoms with Crippen LogP contribution in [0.3, 0.4) is 0 Å². The summed E-state index contributed by atoms with van der Waals surface area (Å²) < 4.78 is 10.2. The van der Waals surface area contributed by atoms with Crippen LogP contribution < -0.4 is 9.64 Å². The van der Waals surface area contributed by atoms with E-state index in [2.05, 4.69) is 5.16 Å². The molecule has 132 valence electrons. The van der Waals surface area contributed by atoms with Crippen LogP contribution in [0.2, 0.25) is 0 Å². The number of ether oxygens (including phenoxy) is 1. The van der Waals surface area contributed by atoms with Gasteiger partial charge in [0, 0.05) is 24.8 Å². The molecule has 1 atom stereocenters. The van der Waals surface area contributed by atoms with Crippen molar-refractivity contribution >= 4 is 17.5 Å². The van der Waals surface area contributed by atoms with Crippen molar-refractivity contribution in [3.8, 4) is 5.75 Å². The number of amides is 2. The minimum absolute atomic E-state index is 0.0986. The lowest BCUT2D eigenvalue weighted by Crippen LogP contribution is -2.58. The molecule has 2 aromatic rings. The normalized spacial score (nSPS) is 17.7. The molecule has 0 spiro atoms. The van der Waals surface area contributed by atoms with Crippen LogP contribution in [0, 0.1) is 6.92 Å². The summed E-state index contributed by atoms with van der Waals surface area (Å²) in [4.78, 5) is 28.5. The fourth-order valence-corrected chi connectivity index (χ4v) is 2.98. The minimum Gasteiger partial charge on any atom is -0.497 e. The molecule has 0 N–H and O–H groups in total. The van der Waals surface area contributed by atoms with E-state index in [9.17, 15) is 9.59 Å². The molecular weight excluding hydrogens is 322 g/mol. The predicted octanol–water partition coefficient (Wildman–Crippen LogP) is 1.80. The van der Waals surface area contributed by atoms with Gasteiger partial charge in [-0.25, -0.2) is 0 Å². The Balaban J connectivity index is 1.68. The SMILES string of the molecule is COc1ccc(N2CCN(C(=O)Cc3cc(C)no3)C(C)C2=O)cc1. The first-order valence-electron chi connectivity index (χ1n) is 8.16. The third-order valence-corrected chi connectivity index (χ3v) is 4.36. The molecule has 1 fully saturated rings. The smallest absolute Gasteiger partial charge is 0.249 e. The lowest BCUT2D eigenvalue weighted by molar-refractivity contribution is -0.140. The number of hydrogen-bond donors (Lipinski definition) is 0. The van der Waals surface area contributed by atoms with Gasteiger partial charge in [0.25, 0.3) is 0 Å². The summed E-state index contributed by atoms with van der Waals surface area (Å²) in [5, 5.41) is 3.78. The highest BCUT2D eigenvalue weighted by molar-refractivity contribution is 6.00. The third-order valence-electron chi connectivity index (χ3n) is 4.36. The van der Waals surface area contributed by atoms with Crippen LogP contribution in [0.4, 0.5) is 5.69 Å². The van der Waals surface area contributed by atoms with Gasteiger partial charge in [0.15, 0.2) is 0 Å². The van der Waals surface area contributed by atoms with E-state index in [0.717, 1.165) is 17.1 Å². The van der Waals surface area contributed by atoms with Crippen LogP contribution in [0.1, 0.15) is 18.4 Å². The van der Waals surface area contributed by atoms with Crippen molar-refractivity contribution < 1.29 is 18.8 Å². The van der Waals surface area contributed by atoms with Crippen LogP contribution in [0.5, 0.6) is 5.75 Å². The van der Waals surface area contributed by atoms with Gasteiger partial charge in [-0.05, 0) is 38.1 Å². The summed E-state index contributed by atoms with van der Waals surface area (Å²) in [6.45, 7) is 4.49. The number of methoxy groups -OCH3 is 1. The first-order chi connectivity index (χ1) is 12.0. The zero-order chi connectivity index (χ0) is 18.0. The molecule has 2 amide bonds. The topological polar surface area (TPSA) is 75.9 Å². The Morgan fingerprint density at radius 3 is 2.64 bits per heavy atom. The van der Waals surface area contributed by atoms with E-state index in [4.69, 9.17) is 9.26 Å². The van der Waals surface area contributed by atoms with E-state index in [-0.39, 0.29) is 18.2 Å². The van der Waals surface area contributed by atoms with Gasteiger partial charge in [-0.2, -0.15) is 0 Å². The molecule has 3 rings (SSSR count). The van der Waals surface area contributed by atoms with Gasteiger partial charge in [-0.1, -0.05) is 5.16 Å². The van der Waals surface area contributed by atoms with E-state index in [1.165, 1.54) is 0 Å². The van der Waals surface area contributed by atoms with Crippen LogP contribution >= 0.6 is 0 Å². The second-order valence-corrected chi connectivity index (χ2v) is 6.06. The molecule has 0 bridgehead atoms. The standard InChI is InChI=1S/C18H21N3O4/c1-12-10-16(25-19-12)11-17(22)20-8-9-21(18(23)13(20)2)14-4-6-15(24-3)7-5-14/h4-7,10,13H,8-9,11H2,1-3H3. The predicted molar refractivity (Wildman–Crippen MR) is 91.5 cm³/mol. The van der Waals surface area contributed by atoms with Crippen molar-refractivity contribution in [2.45, 2.75) is 26.3 Å². The van der Waals surface area contributed by atoms with Gasteiger partial charge in [0.2, 0.25) is 11.8 Å². The summed E-state index contributed by atoms with van der Waals surface area (Å²) >= 11 is 0. The highest BCUT2D eigenvalue weighted by Crippen LogP contribution is 2.23. The molecule has 0 radical (unpaired) electrons. The van der Waals surface area contributed by atoms with Gasteiger partial charge in [-0.15, -0.1) is 0 Å². The summed E-state index contributed by atoms with van der Waals surface area (Å²) in [5.74, 6) is 1.02. The van der Waals surface area contributed by atoms with Crippen molar-refractivity contribution in [1.29, 1.82) is 0 Å². The van der Waals surface area contributed by atoms with Gasteiger partial charge >= 0.3 is 0 Å². The number of benzene rings is 1. The number of anilines is 1. The lowest BCUT2D eigenvalue weighted by atomic mass is 10.1. The Morgan fingerprint density at radius 1 is 1.32 bits per heavy atom. The Hall–Kier alpha value is -2.83. The Morgan fingerprint density at radius 2 is 2.04 bits per heavy atom. The number of nitrogens with zero attached hydrogens (tertiary/aromatic N) is 3. The van der Waals surface area contributed by atoms with Crippen molar-refractivity contribution in [1.82, 2.24) is 10.1 Å². The average molecular weight is 343 g/mol. The maximum absolute atomic E-state index is 12.7. The Bertz CT molecular complexity index is 769. The number of carbonyl (C=O) groups is 2. The summed E-state index contributed by atoms with van der Waals surface area (Å²) in [7, 11) is 1.60. The van der Waals surface area contributed by atoms with E-state index < -0.39 is 6.04 Å². The van der Waals surface area contributed by atoms with Gasteiger partial charge < -0.3 is 19.1 Å². The first kappa shape index (κ1) is 17.0. The lowest BCUT2D eigenvalue weighted by Gasteiger charge is -2.39. The summed E-state index contributed by atoms with van der Waals surface area (Å²) in [5.41, 5.74) is 1.53. The monoisotopic (exact) mass is 343 g/mol. The molecule has 1 aliphatic rings. The molecule has 1 saturated heterocycles. The molecule has 0 aliphatic carbocycles. The Labute approximate surface area is 146 Å². The van der Waals surface area contributed by atoms with E-state index in [1.807, 2.05) is 24.3 Å². The zero-order valence-electron chi connectivity index (χ0n) is 14.6. The third kappa shape index (κ3) is 3.50. The molecule has 1 unspecified atom stereocenters. The van der Waals surface area contributed by atoms with E-state index in [0.29, 0.717) is 18.8 Å². The highest BCUT2D eigenvalue weighted by Gasteiger charge is 2.35. The first-order valence-corrected chi connectivity index (χ1v) is 8.16. The van der Waals surface area contributed by atoms with Crippen LogP contribution in [-0.2, 0) is 16.0 Å². The Kier molecular flexibility index (Phi) is 4.74. The number of aromatic nitrogens is 1. The second-order valence-electron chi connectivity index (χ2n) is 6.06. The zero-order valence-corrected chi connectivity index (χ0v) is 14.6. The number of aryl methyl sites for hydroxylation is 1. The molecule has 7 nitrogen and oxygen atoms in total. The second kappa shape index (κ2) is 6.96. The summed E-state index contributed by atoms with van der Waals surface area (Å²) in [6.07, 6.45) is 0.112. The van der Waals surface area contributed by atoms with E-state index in [1.54, 1.807) is 36.8 Å². The largest absolute Gasteiger partial charge is 0.497 e. The minimum atomic E-state index is -0.521. The van der Waals surface area contributed by atoms with Gasteiger partial charge in [0.1, 0.15) is 17.6 Å². The van der Waals surface area contributed by atoms with Crippen molar-refractivity contribution in [3.63, 3.8) is 0 Å².